The number of carbonyl (C=O) groups excluding carboxylic acids is 1. The zero-order chi connectivity index (χ0) is 16.7. The van der Waals surface area contributed by atoms with Gasteiger partial charge in [0.2, 0.25) is 0 Å². The average molecular weight is 324 g/mol. The maximum atomic E-state index is 14.4. The molecule has 0 aliphatic carbocycles. The van der Waals surface area contributed by atoms with Crippen LogP contribution in [0.15, 0.2) is 18.2 Å². The van der Waals surface area contributed by atoms with Gasteiger partial charge in [-0.3, -0.25) is 4.79 Å². The summed E-state index contributed by atoms with van der Waals surface area (Å²) in [6.45, 7) is 5.73. The number of carbonyl (C=O) groups is 1. The van der Waals surface area contributed by atoms with Gasteiger partial charge in [-0.1, -0.05) is 13.3 Å². The smallest absolute Gasteiger partial charge is 0.293 e. The van der Waals surface area contributed by atoms with E-state index in [1.165, 1.54) is 6.07 Å². The normalized spacial score (nSPS) is 16.0. The van der Waals surface area contributed by atoms with E-state index in [1.54, 1.807) is 0 Å². The van der Waals surface area contributed by atoms with Crippen molar-refractivity contribution in [3.05, 3.63) is 24.0 Å². The SMILES string of the molecule is CCCC(CN(C)c1ccc(N2CCOCC2)c(F)c1)OC=O. The lowest BCUT2D eigenvalue weighted by Gasteiger charge is -2.30. The topological polar surface area (TPSA) is 42.0 Å². The molecule has 0 radical (unpaired) electrons. The van der Waals surface area contributed by atoms with Crippen LogP contribution < -0.4 is 9.80 Å². The van der Waals surface area contributed by atoms with Gasteiger partial charge in [0.15, 0.2) is 0 Å². The van der Waals surface area contributed by atoms with E-state index in [9.17, 15) is 9.18 Å². The maximum absolute atomic E-state index is 14.4. The lowest BCUT2D eigenvalue weighted by Crippen LogP contribution is -2.36. The van der Waals surface area contributed by atoms with Gasteiger partial charge >= 0.3 is 0 Å². The Hall–Kier alpha value is -1.82. The summed E-state index contributed by atoms with van der Waals surface area (Å²) in [6.07, 6.45) is 1.54. The highest BCUT2D eigenvalue weighted by Gasteiger charge is 2.17. The molecule has 1 unspecified atom stereocenters. The second-order valence-electron chi connectivity index (χ2n) is 5.76. The number of hydrogen-bond acceptors (Lipinski definition) is 5. The first kappa shape index (κ1) is 17.5. The van der Waals surface area contributed by atoms with Gasteiger partial charge in [0.1, 0.15) is 11.9 Å². The fourth-order valence-electron chi connectivity index (χ4n) is 2.81. The third-order valence-corrected chi connectivity index (χ3v) is 4.06. The van der Waals surface area contributed by atoms with Crippen molar-refractivity contribution in [3.8, 4) is 0 Å². The summed E-state index contributed by atoms with van der Waals surface area (Å²) in [7, 11) is 1.88. The van der Waals surface area contributed by atoms with Crippen molar-refractivity contribution in [2.24, 2.45) is 0 Å². The Morgan fingerprint density at radius 2 is 2.17 bits per heavy atom. The molecule has 0 amide bonds. The fourth-order valence-corrected chi connectivity index (χ4v) is 2.81. The molecule has 1 saturated heterocycles. The van der Waals surface area contributed by atoms with Crippen LogP contribution in [0.3, 0.4) is 0 Å². The number of ether oxygens (including phenoxy) is 2. The molecule has 0 N–H and O–H groups in total. The third kappa shape index (κ3) is 4.82. The lowest BCUT2D eigenvalue weighted by molar-refractivity contribution is -0.133. The first-order valence-electron chi connectivity index (χ1n) is 8.08. The second kappa shape index (κ2) is 8.72. The molecule has 5 nitrogen and oxygen atoms in total. The predicted octanol–water partition coefficient (Wildman–Crippen LogP) is 2.44. The molecule has 0 aromatic heterocycles. The number of hydrogen-bond donors (Lipinski definition) is 0. The Morgan fingerprint density at radius 1 is 1.43 bits per heavy atom. The summed E-state index contributed by atoms with van der Waals surface area (Å²) in [5.74, 6) is -0.236. The van der Waals surface area contributed by atoms with E-state index < -0.39 is 0 Å². The van der Waals surface area contributed by atoms with E-state index in [1.807, 2.05) is 35.9 Å². The van der Waals surface area contributed by atoms with Crippen molar-refractivity contribution in [1.29, 1.82) is 0 Å². The van der Waals surface area contributed by atoms with Crippen molar-refractivity contribution < 1.29 is 18.7 Å². The van der Waals surface area contributed by atoms with Gasteiger partial charge in [0.05, 0.1) is 25.4 Å². The molecule has 0 bridgehead atoms. The van der Waals surface area contributed by atoms with Gasteiger partial charge in [-0.05, 0) is 24.6 Å². The van der Waals surface area contributed by atoms with E-state index >= 15 is 0 Å². The summed E-state index contributed by atoms with van der Waals surface area (Å²) < 4.78 is 24.8. The fraction of sp³-hybridized carbons (Fsp3) is 0.588. The molecule has 1 aromatic rings. The van der Waals surface area contributed by atoms with E-state index in [4.69, 9.17) is 9.47 Å². The van der Waals surface area contributed by atoms with Gasteiger partial charge in [-0.25, -0.2) is 4.39 Å². The Bertz CT molecular complexity index is 507. The summed E-state index contributed by atoms with van der Waals surface area (Å²) in [6, 6.07) is 5.24. The Morgan fingerprint density at radius 3 is 2.78 bits per heavy atom. The minimum atomic E-state index is -0.236. The first-order chi connectivity index (χ1) is 11.2. The Labute approximate surface area is 137 Å². The number of halogens is 1. The standard InChI is InChI=1S/C17H25FN2O3/c1-3-4-15(23-13-21)12-19(2)14-5-6-17(16(18)11-14)20-7-9-22-10-8-20/h5-6,11,13,15H,3-4,7-10,12H2,1-2H3. The summed E-state index contributed by atoms with van der Waals surface area (Å²) in [5, 5.41) is 0. The van der Waals surface area contributed by atoms with E-state index in [0.29, 0.717) is 45.0 Å². The van der Waals surface area contributed by atoms with Crippen LogP contribution in [-0.4, -0.2) is 52.5 Å². The van der Waals surface area contributed by atoms with Gasteiger partial charge in [-0.15, -0.1) is 0 Å². The largest absolute Gasteiger partial charge is 0.463 e. The van der Waals surface area contributed by atoms with E-state index in [2.05, 4.69) is 0 Å². The molecule has 23 heavy (non-hydrogen) atoms. The van der Waals surface area contributed by atoms with Gasteiger partial charge in [0.25, 0.3) is 6.47 Å². The van der Waals surface area contributed by atoms with Crippen LogP contribution in [0.25, 0.3) is 0 Å². The molecule has 1 fully saturated rings. The monoisotopic (exact) mass is 324 g/mol. The van der Waals surface area contributed by atoms with E-state index in [-0.39, 0.29) is 11.9 Å². The van der Waals surface area contributed by atoms with E-state index in [0.717, 1.165) is 18.5 Å². The van der Waals surface area contributed by atoms with Crippen LogP contribution in [0.1, 0.15) is 19.8 Å². The summed E-state index contributed by atoms with van der Waals surface area (Å²) in [5.41, 5.74) is 1.38. The average Bonchev–Trinajstić information content (AvgIpc) is 2.56. The number of nitrogens with zero attached hydrogens (tertiary/aromatic N) is 2. The van der Waals surface area contributed by atoms with Crippen LogP contribution in [0.2, 0.25) is 0 Å². The van der Waals surface area contributed by atoms with Crippen LogP contribution in [0, 0.1) is 5.82 Å². The summed E-state index contributed by atoms with van der Waals surface area (Å²) >= 11 is 0. The van der Waals surface area contributed by atoms with Crippen molar-refractivity contribution in [2.45, 2.75) is 25.9 Å². The van der Waals surface area contributed by atoms with Crippen molar-refractivity contribution >= 4 is 17.8 Å². The van der Waals surface area contributed by atoms with Crippen LogP contribution in [-0.2, 0) is 14.3 Å². The predicted molar refractivity (Wildman–Crippen MR) is 88.5 cm³/mol. The second-order valence-corrected chi connectivity index (χ2v) is 5.76. The number of anilines is 2. The molecule has 1 atom stereocenters. The van der Waals surface area contributed by atoms with Crippen LogP contribution >= 0.6 is 0 Å². The molecule has 2 rings (SSSR count). The first-order valence-corrected chi connectivity index (χ1v) is 8.08. The number of benzene rings is 1. The zero-order valence-corrected chi connectivity index (χ0v) is 13.8. The molecule has 1 heterocycles. The lowest BCUT2D eigenvalue weighted by atomic mass is 10.1. The highest BCUT2D eigenvalue weighted by atomic mass is 19.1. The minimum Gasteiger partial charge on any atom is -0.463 e. The molecule has 0 saturated carbocycles. The highest BCUT2D eigenvalue weighted by molar-refractivity contribution is 5.57. The molecule has 1 aliphatic heterocycles. The molecular weight excluding hydrogens is 299 g/mol. The van der Waals surface area contributed by atoms with Crippen molar-refractivity contribution in [2.75, 3.05) is 49.7 Å². The van der Waals surface area contributed by atoms with Crippen LogP contribution in [0.5, 0.6) is 0 Å². The highest BCUT2D eigenvalue weighted by Crippen LogP contribution is 2.25. The Kier molecular flexibility index (Phi) is 6.65. The molecule has 128 valence electrons. The summed E-state index contributed by atoms with van der Waals surface area (Å²) in [4.78, 5) is 14.5. The van der Waals surface area contributed by atoms with Gasteiger partial charge < -0.3 is 19.3 Å². The van der Waals surface area contributed by atoms with Gasteiger partial charge in [-0.2, -0.15) is 0 Å². The quantitative estimate of drug-likeness (QED) is 0.687. The van der Waals surface area contributed by atoms with Crippen molar-refractivity contribution in [3.63, 3.8) is 0 Å². The molecular formula is C17H25FN2O3. The molecule has 0 spiro atoms. The minimum absolute atomic E-state index is 0.176. The number of morpholine rings is 1. The number of likely N-dealkylation sites (N-methyl/N-ethyl adjacent to an activating group) is 1. The van der Waals surface area contributed by atoms with Crippen LogP contribution in [0.4, 0.5) is 15.8 Å². The Balaban J connectivity index is 2.04. The molecule has 1 aromatic carbocycles. The van der Waals surface area contributed by atoms with Gasteiger partial charge in [0, 0.05) is 25.8 Å². The number of rotatable bonds is 8. The maximum Gasteiger partial charge on any atom is 0.293 e. The zero-order valence-electron chi connectivity index (χ0n) is 13.8. The third-order valence-electron chi connectivity index (χ3n) is 4.06. The molecule has 6 heteroatoms. The van der Waals surface area contributed by atoms with Crippen molar-refractivity contribution in [1.82, 2.24) is 0 Å². The molecule has 1 aliphatic rings.